The minimum atomic E-state index is 0.740. The van der Waals surface area contributed by atoms with Crippen LogP contribution in [0.3, 0.4) is 0 Å². The summed E-state index contributed by atoms with van der Waals surface area (Å²) in [5.74, 6) is 1.93. The first kappa shape index (κ1) is 12.4. The van der Waals surface area contributed by atoms with Gasteiger partial charge >= 0.3 is 0 Å². The molecule has 0 aliphatic heterocycles. The van der Waals surface area contributed by atoms with E-state index in [1.165, 1.54) is 45.1 Å². The molecule has 16 heavy (non-hydrogen) atoms. The number of nitrogens with zero attached hydrogens (tertiary/aromatic N) is 1. The van der Waals surface area contributed by atoms with Crippen molar-refractivity contribution in [1.82, 2.24) is 10.2 Å². The van der Waals surface area contributed by atoms with E-state index in [0.29, 0.717) is 0 Å². The Labute approximate surface area is 101 Å². The van der Waals surface area contributed by atoms with E-state index >= 15 is 0 Å². The Bertz CT molecular complexity index is 205. The van der Waals surface area contributed by atoms with Gasteiger partial charge in [-0.2, -0.15) is 0 Å². The number of nitrogens with one attached hydrogen (secondary N) is 1. The second-order valence-electron chi connectivity index (χ2n) is 6.09. The number of hydrogen-bond acceptors (Lipinski definition) is 2. The van der Waals surface area contributed by atoms with Crippen LogP contribution in [0, 0.1) is 11.8 Å². The highest BCUT2D eigenvalue weighted by Crippen LogP contribution is 2.33. The van der Waals surface area contributed by atoms with Crippen LogP contribution in [0.5, 0.6) is 0 Å². The first-order valence-electron chi connectivity index (χ1n) is 7.08. The van der Waals surface area contributed by atoms with Gasteiger partial charge in [-0.3, -0.25) is 0 Å². The molecule has 0 heterocycles. The van der Waals surface area contributed by atoms with Crippen molar-refractivity contribution in [2.45, 2.75) is 57.5 Å². The van der Waals surface area contributed by atoms with Gasteiger partial charge in [0, 0.05) is 18.6 Å². The molecule has 2 saturated carbocycles. The fourth-order valence-corrected chi connectivity index (χ4v) is 3.12. The predicted molar refractivity (Wildman–Crippen MR) is 69.6 cm³/mol. The maximum atomic E-state index is 3.50. The van der Waals surface area contributed by atoms with Crippen molar-refractivity contribution >= 4 is 0 Å². The molecule has 2 aliphatic rings. The van der Waals surface area contributed by atoms with Gasteiger partial charge < -0.3 is 10.2 Å². The van der Waals surface area contributed by atoms with Crippen LogP contribution in [-0.2, 0) is 0 Å². The van der Waals surface area contributed by atoms with Gasteiger partial charge in [0.05, 0.1) is 0 Å². The van der Waals surface area contributed by atoms with E-state index in [2.05, 4.69) is 31.2 Å². The van der Waals surface area contributed by atoms with E-state index in [-0.39, 0.29) is 0 Å². The lowest BCUT2D eigenvalue weighted by Crippen LogP contribution is -2.44. The van der Waals surface area contributed by atoms with Crippen LogP contribution in [0.4, 0.5) is 0 Å². The standard InChI is InChI=1S/C14H28N2/c1-11-4-8-13(9-5-11)16(3)10-14(15-2)12-6-7-12/h11-15H,4-10H2,1-3H3. The Hall–Kier alpha value is -0.0800. The van der Waals surface area contributed by atoms with Crippen molar-refractivity contribution < 1.29 is 0 Å². The summed E-state index contributed by atoms with van der Waals surface area (Å²) in [6, 6.07) is 1.59. The second kappa shape index (κ2) is 5.50. The zero-order valence-electron chi connectivity index (χ0n) is 11.2. The third-order valence-electron chi connectivity index (χ3n) is 4.66. The maximum Gasteiger partial charge on any atom is 0.0220 e. The monoisotopic (exact) mass is 224 g/mol. The van der Waals surface area contributed by atoms with Gasteiger partial charge in [0.25, 0.3) is 0 Å². The first-order chi connectivity index (χ1) is 7.70. The Morgan fingerprint density at radius 3 is 2.25 bits per heavy atom. The molecular formula is C14H28N2. The van der Waals surface area contributed by atoms with Crippen molar-refractivity contribution in [3.8, 4) is 0 Å². The average molecular weight is 224 g/mol. The Kier molecular flexibility index (Phi) is 4.26. The van der Waals surface area contributed by atoms with Crippen LogP contribution in [0.25, 0.3) is 0 Å². The summed E-state index contributed by atoms with van der Waals surface area (Å²) in [7, 11) is 4.45. The smallest absolute Gasteiger partial charge is 0.0220 e. The highest BCUT2D eigenvalue weighted by molar-refractivity contribution is 4.89. The molecule has 1 N–H and O–H groups in total. The van der Waals surface area contributed by atoms with Crippen LogP contribution in [0.1, 0.15) is 45.4 Å². The van der Waals surface area contributed by atoms with E-state index in [1.807, 2.05) is 0 Å². The molecule has 0 spiro atoms. The predicted octanol–water partition coefficient (Wildman–Crippen LogP) is 2.49. The molecule has 0 bridgehead atoms. The SMILES string of the molecule is CNC(CN(C)C1CCC(C)CC1)C1CC1. The fourth-order valence-electron chi connectivity index (χ4n) is 3.12. The summed E-state index contributed by atoms with van der Waals surface area (Å²) in [5.41, 5.74) is 0. The highest BCUT2D eigenvalue weighted by atomic mass is 15.2. The summed E-state index contributed by atoms with van der Waals surface area (Å²) in [6.07, 6.45) is 8.59. The molecule has 2 fully saturated rings. The average Bonchev–Trinajstić information content (AvgIpc) is 3.10. The van der Waals surface area contributed by atoms with Crippen molar-refractivity contribution in [3.05, 3.63) is 0 Å². The molecule has 0 aromatic carbocycles. The summed E-state index contributed by atoms with van der Waals surface area (Å²) >= 11 is 0. The van der Waals surface area contributed by atoms with Crippen LogP contribution in [0.15, 0.2) is 0 Å². The van der Waals surface area contributed by atoms with Crippen molar-refractivity contribution in [2.24, 2.45) is 11.8 Å². The van der Waals surface area contributed by atoms with Crippen molar-refractivity contribution in [1.29, 1.82) is 0 Å². The summed E-state index contributed by atoms with van der Waals surface area (Å²) in [6.45, 7) is 3.65. The largest absolute Gasteiger partial charge is 0.315 e. The van der Waals surface area contributed by atoms with Crippen molar-refractivity contribution in [3.63, 3.8) is 0 Å². The van der Waals surface area contributed by atoms with Gasteiger partial charge in [-0.15, -0.1) is 0 Å². The highest BCUT2D eigenvalue weighted by Gasteiger charge is 2.32. The third kappa shape index (κ3) is 3.21. The lowest BCUT2D eigenvalue weighted by atomic mass is 9.86. The van der Waals surface area contributed by atoms with Gasteiger partial charge in [-0.1, -0.05) is 6.92 Å². The van der Waals surface area contributed by atoms with Gasteiger partial charge in [0.1, 0.15) is 0 Å². The normalized spacial score (nSPS) is 33.0. The molecule has 2 aliphatic carbocycles. The van der Waals surface area contributed by atoms with Crippen molar-refractivity contribution in [2.75, 3.05) is 20.6 Å². The first-order valence-corrected chi connectivity index (χ1v) is 7.08. The van der Waals surface area contributed by atoms with E-state index in [9.17, 15) is 0 Å². The zero-order chi connectivity index (χ0) is 11.5. The molecule has 0 amide bonds. The van der Waals surface area contributed by atoms with E-state index < -0.39 is 0 Å². The number of rotatable bonds is 5. The zero-order valence-corrected chi connectivity index (χ0v) is 11.2. The topological polar surface area (TPSA) is 15.3 Å². The molecule has 1 atom stereocenters. The molecule has 2 rings (SSSR count). The minimum Gasteiger partial charge on any atom is -0.315 e. The molecule has 2 heteroatoms. The van der Waals surface area contributed by atoms with Crippen LogP contribution in [-0.4, -0.2) is 37.6 Å². The number of likely N-dealkylation sites (N-methyl/N-ethyl adjacent to an activating group) is 2. The molecule has 94 valence electrons. The van der Waals surface area contributed by atoms with E-state index in [0.717, 1.165) is 23.9 Å². The quantitative estimate of drug-likeness (QED) is 0.772. The Morgan fingerprint density at radius 2 is 1.75 bits per heavy atom. The minimum absolute atomic E-state index is 0.740. The van der Waals surface area contributed by atoms with Crippen LogP contribution >= 0.6 is 0 Å². The third-order valence-corrected chi connectivity index (χ3v) is 4.66. The van der Waals surface area contributed by atoms with Crippen LogP contribution in [0.2, 0.25) is 0 Å². The second-order valence-corrected chi connectivity index (χ2v) is 6.09. The molecule has 0 radical (unpaired) electrons. The summed E-state index contributed by atoms with van der Waals surface area (Å²) in [4.78, 5) is 2.62. The summed E-state index contributed by atoms with van der Waals surface area (Å²) in [5, 5.41) is 3.50. The van der Waals surface area contributed by atoms with Gasteiger partial charge in [-0.05, 0) is 64.5 Å². The lowest BCUT2D eigenvalue weighted by Gasteiger charge is -2.35. The van der Waals surface area contributed by atoms with E-state index in [1.54, 1.807) is 0 Å². The molecular weight excluding hydrogens is 196 g/mol. The maximum absolute atomic E-state index is 3.50. The molecule has 2 nitrogen and oxygen atoms in total. The molecule has 0 aromatic rings. The number of hydrogen-bond donors (Lipinski definition) is 1. The fraction of sp³-hybridized carbons (Fsp3) is 1.00. The van der Waals surface area contributed by atoms with Crippen LogP contribution < -0.4 is 5.32 Å². The van der Waals surface area contributed by atoms with E-state index in [4.69, 9.17) is 0 Å². The Morgan fingerprint density at radius 1 is 1.12 bits per heavy atom. The molecule has 0 saturated heterocycles. The van der Waals surface area contributed by atoms with Gasteiger partial charge in [-0.25, -0.2) is 0 Å². The lowest BCUT2D eigenvalue weighted by molar-refractivity contribution is 0.153. The Balaban J connectivity index is 1.75. The molecule has 0 aromatic heterocycles. The summed E-state index contributed by atoms with van der Waals surface area (Å²) < 4.78 is 0. The molecule has 1 unspecified atom stereocenters. The van der Waals surface area contributed by atoms with Gasteiger partial charge in [0.2, 0.25) is 0 Å². The van der Waals surface area contributed by atoms with Gasteiger partial charge in [0.15, 0.2) is 0 Å².